The molecule has 1 aromatic heterocycles. The number of rotatable bonds is 9. The lowest BCUT2D eigenvalue weighted by atomic mass is 10.0. The van der Waals surface area contributed by atoms with Crippen molar-refractivity contribution in [3.63, 3.8) is 0 Å². The zero-order valence-electron chi connectivity index (χ0n) is 21.4. The Morgan fingerprint density at radius 1 is 0.900 bits per heavy atom. The third kappa shape index (κ3) is 6.09. The number of hydrogen-bond acceptors (Lipinski definition) is 4. The maximum Gasteiger partial charge on any atom is 0.573 e. The highest BCUT2D eigenvalue weighted by Gasteiger charge is 2.31. The molecular formula is C31H25F3N2O4. The summed E-state index contributed by atoms with van der Waals surface area (Å²) >= 11 is 0. The van der Waals surface area contributed by atoms with E-state index in [-0.39, 0.29) is 12.4 Å². The van der Waals surface area contributed by atoms with Crippen LogP contribution < -0.4 is 9.47 Å². The van der Waals surface area contributed by atoms with Crippen molar-refractivity contribution in [2.45, 2.75) is 32.4 Å². The fourth-order valence-corrected chi connectivity index (χ4v) is 4.46. The van der Waals surface area contributed by atoms with E-state index in [0.29, 0.717) is 29.2 Å². The normalized spacial score (nSPS) is 12.3. The summed E-state index contributed by atoms with van der Waals surface area (Å²) in [6.45, 7) is 2.32. The third-order valence-corrected chi connectivity index (χ3v) is 6.57. The molecule has 0 aliphatic rings. The number of aromatic nitrogens is 2. The molecule has 0 spiro atoms. The zero-order valence-corrected chi connectivity index (χ0v) is 21.4. The van der Waals surface area contributed by atoms with Crippen LogP contribution in [-0.2, 0) is 17.9 Å². The number of ether oxygens (including phenoxy) is 2. The minimum Gasteiger partial charge on any atom is -0.489 e. The first-order valence-corrected chi connectivity index (χ1v) is 12.5. The molecule has 9 heteroatoms. The second-order valence-electron chi connectivity index (χ2n) is 9.27. The summed E-state index contributed by atoms with van der Waals surface area (Å²) in [5.74, 6) is -0.698. The lowest BCUT2D eigenvalue weighted by Crippen LogP contribution is -2.17. The minimum absolute atomic E-state index is 0.256. The standard InChI is InChI=1S/C31H25F3N2O4/c1-20(30(37)38)22-9-6-10-26(17-22)39-19-24-8-3-2-7-23(24)18-36-28-12-5-4-11-27(28)35-29(36)21-13-15-25(16-14-21)40-31(32,33)34/h2-17,20H,18-19H2,1H3,(H,37,38). The number of halogens is 3. The van der Waals surface area contributed by atoms with Crippen molar-refractivity contribution in [1.82, 2.24) is 9.55 Å². The molecule has 1 N–H and O–H groups in total. The lowest BCUT2D eigenvalue weighted by Gasteiger charge is -2.15. The average molecular weight is 547 g/mol. The summed E-state index contributed by atoms with van der Waals surface area (Å²) in [7, 11) is 0. The Morgan fingerprint density at radius 2 is 1.60 bits per heavy atom. The van der Waals surface area contributed by atoms with E-state index in [9.17, 15) is 23.1 Å². The SMILES string of the molecule is CC(C(=O)O)c1cccc(OCc2ccccc2Cn2c(-c3ccc(OC(F)(F)F)cc3)nc3ccccc32)c1. The first kappa shape index (κ1) is 26.8. The van der Waals surface area contributed by atoms with Gasteiger partial charge in [0.25, 0.3) is 0 Å². The molecule has 0 bridgehead atoms. The van der Waals surface area contributed by atoms with Crippen molar-refractivity contribution in [2.75, 3.05) is 0 Å². The molecule has 4 aromatic carbocycles. The molecular weight excluding hydrogens is 521 g/mol. The van der Waals surface area contributed by atoms with Crippen LogP contribution in [0.2, 0.25) is 0 Å². The van der Waals surface area contributed by atoms with Crippen LogP contribution in [0.3, 0.4) is 0 Å². The van der Waals surface area contributed by atoms with E-state index >= 15 is 0 Å². The number of carboxylic acids is 1. The van der Waals surface area contributed by atoms with E-state index in [1.807, 2.05) is 53.1 Å². The van der Waals surface area contributed by atoms with E-state index < -0.39 is 18.2 Å². The van der Waals surface area contributed by atoms with Crippen LogP contribution in [0.5, 0.6) is 11.5 Å². The van der Waals surface area contributed by atoms with Gasteiger partial charge in [0.1, 0.15) is 23.9 Å². The fourth-order valence-electron chi connectivity index (χ4n) is 4.46. The van der Waals surface area contributed by atoms with Crippen LogP contribution in [0.25, 0.3) is 22.4 Å². The van der Waals surface area contributed by atoms with Gasteiger partial charge in [-0.05, 0) is 72.1 Å². The largest absolute Gasteiger partial charge is 0.573 e. The van der Waals surface area contributed by atoms with E-state index in [1.54, 1.807) is 43.3 Å². The summed E-state index contributed by atoms with van der Waals surface area (Å²) in [6, 6.07) is 28.1. The van der Waals surface area contributed by atoms with Gasteiger partial charge in [0.2, 0.25) is 0 Å². The Hall–Kier alpha value is -4.79. The monoisotopic (exact) mass is 546 g/mol. The number of para-hydroxylation sites is 2. The maximum atomic E-state index is 12.6. The summed E-state index contributed by atoms with van der Waals surface area (Å²) in [5, 5.41) is 9.33. The number of alkyl halides is 3. The summed E-state index contributed by atoms with van der Waals surface area (Å²) in [6.07, 6.45) is -4.77. The molecule has 0 saturated carbocycles. The van der Waals surface area contributed by atoms with Crippen LogP contribution in [0.4, 0.5) is 13.2 Å². The van der Waals surface area contributed by atoms with Crippen LogP contribution in [0.1, 0.15) is 29.5 Å². The van der Waals surface area contributed by atoms with Crippen molar-refractivity contribution in [2.24, 2.45) is 0 Å². The van der Waals surface area contributed by atoms with Gasteiger partial charge < -0.3 is 19.1 Å². The Balaban J connectivity index is 1.43. The highest BCUT2D eigenvalue weighted by atomic mass is 19.4. The van der Waals surface area contributed by atoms with Crippen molar-refractivity contribution in [3.05, 3.63) is 114 Å². The molecule has 0 aliphatic carbocycles. The number of carboxylic acid groups (broad SMARTS) is 1. The Labute approximate surface area is 228 Å². The molecule has 1 atom stereocenters. The van der Waals surface area contributed by atoms with Crippen molar-refractivity contribution in [1.29, 1.82) is 0 Å². The van der Waals surface area contributed by atoms with Gasteiger partial charge in [-0.25, -0.2) is 4.98 Å². The fraction of sp³-hybridized carbons (Fsp3) is 0.161. The highest BCUT2D eigenvalue weighted by molar-refractivity contribution is 5.81. The van der Waals surface area contributed by atoms with Gasteiger partial charge >= 0.3 is 12.3 Å². The number of fused-ring (bicyclic) bond motifs is 1. The molecule has 40 heavy (non-hydrogen) atoms. The molecule has 1 heterocycles. The molecule has 0 fully saturated rings. The Morgan fingerprint density at radius 3 is 2.33 bits per heavy atom. The van der Waals surface area contributed by atoms with Crippen LogP contribution in [-0.4, -0.2) is 27.0 Å². The molecule has 0 saturated heterocycles. The number of hydrogen-bond donors (Lipinski definition) is 1. The van der Waals surface area contributed by atoms with Gasteiger partial charge in [-0.2, -0.15) is 0 Å². The predicted molar refractivity (Wildman–Crippen MR) is 144 cm³/mol. The molecule has 0 radical (unpaired) electrons. The molecule has 1 unspecified atom stereocenters. The average Bonchev–Trinajstić information content (AvgIpc) is 3.30. The Bertz CT molecular complexity index is 1650. The van der Waals surface area contributed by atoms with Crippen molar-refractivity contribution in [3.8, 4) is 22.9 Å². The van der Waals surface area contributed by atoms with E-state index in [2.05, 4.69) is 4.74 Å². The van der Waals surface area contributed by atoms with Gasteiger partial charge in [-0.1, -0.05) is 48.5 Å². The molecule has 0 amide bonds. The van der Waals surface area contributed by atoms with E-state index in [0.717, 1.165) is 22.2 Å². The third-order valence-electron chi connectivity index (χ3n) is 6.57. The highest BCUT2D eigenvalue weighted by Crippen LogP contribution is 2.30. The lowest BCUT2D eigenvalue weighted by molar-refractivity contribution is -0.274. The number of benzene rings is 4. The number of imidazole rings is 1. The quantitative estimate of drug-likeness (QED) is 0.208. The van der Waals surface area contributed by atoms with Crippen LogP contribution in [0.15, 0.2) is 97.1 Å². The maximum absolute atomic E-state index is 12.6. The smallest absolute Gasteiger partial charge is 0.489 e. The van der Waals surface area contributed by atoms with Gasteiger partial charge in [0.15, 0.2) is 0 Å². The summed E-state index contributed by atoms with van der Waals surface area (Å²) in [5.41, 5.74) is 4.82. The summed E-state index contributed by atoms with van der Waals surface area (Å²) < 4.78 is 50.0. The van der Waals surface area contributed by atoms with Gasteiger partial charge in [-0.3, -0.25) is 4.79 Å². The molecule has 0 aliphatic heterocycles. The zero-order chi connectivity index (χ0) is 28.3. The summed E-state index contributed by atoms with van der Waals surface area (Å²) in [4.78, 5) is 16.1. The first-order chi connectivity index (χ1) is 19.2. The second-order valence-corrected chi connectivity index (χ2v) is 9.27. The Kier molecular flexibility index (Phi) is 7.46. The minimum atomic E-state index is -4.77. The molecule has 5 aromatic rings. The number of carbonyl (C=O) groups is 1. The second kappa shape index (κ2) is 11.1. The molecule has 6 nitrogen and oxygen atoms in total. The molecule has 5 rings (SSSR count). The van der Waals surface area contributed by atoms with Gasteiger partial charge in [0.05, 0.1) is 23.5 Å². The van der Waals surface area contributed by atoms with Crippen molar-refractivity contribution < 1.29 is 32.5 Å². The van der Waals surface area contributed by atoms with E-state index in [1.165, 1.54) is 12.1 Å². The van der Waals surface area contributed by atoms with Gasteiger partial charge in [-0.15, -0.1) is 13.2 Å². The first-order valence-electron chi connectivity index (χ1n) is 12.5. The number of aliphatic carboxylic acids is 1. The van der Waals surface area contributed by atoms with Crippen LogP contribution in [0, 0.1) is 0 Å². The predicted octanol–water partition coefficient (Wildman–Crippen LogP) is 7.42. The van der Waals surface area contributed by atoms with E-state index in [4.69, 9.17) is 9.72 Å². The molecule has 204 valence electrons. The number of nitrogens with zero attached hydrogens (tertiary/aromatic N) is 2. The van der Waals surface area contributed by atoms with Crippen LogP contribution >= 0.6 is 0 Å². The topological polar surface area (TPSA) is 73.6 Å². The van der Waals surface area contributed by atoms with Crippen molar-refractivity contribution >= 4 is 17.0 Å². The van der Waals surface area contributed by atoms with Gasteiger partial charge in [0, 0.05) is 5.56 Å².